The molecule has 0 saturated carbocycles. The van der Waals surface area contributed by atoms with Crippen molar-refractivity contribution in [1.82, 2.24) is 9.55 Å². The van der Waals surface area contributed by atoms with E-state index < -0.39 is 5.97 Å². The Labute approximate surface area is 188 Å². The van der Waals surface area contributed by atoms with E-state index in [9.17, 15) is 9.59 Å². The molecule has 156 valence electrons. The van der Waals surface area contributed by atoms with Crippen molar-refractivity contribution in [3.63, 3.8) is 0 Å². The standard InChI is InChI=1S/C23H17Cl2N3O3/c24-16-11-17(25)13-18(12-16)26-21(29)9-10-28-20-4-2-1-3-19(20)27-22(28)14-5-7-15(8-6-14)23(30)31/h1-8,11-13H,9-10H2,(H,26,29)(H,30,31). The number of nitrogens with one attached hydrogen (secondary N) is 1. The van der Waals surface area contributed by atoms with Crippen LogP contribution in [0.2, 0.25) is 10.0 Å². The molecular formula is C23H17Cl2N3O3. The molecule has 1 aromatic heterocycles. The number of fused-ring (bicyclic) bond motifs is 1. The van der Waals surface area contributed by atoms with Crippen molar-refractivity contribution in [3.05, 3.63) is 82.3 Å². The van der Waals surface area contributed by atoms with Crippen LogP contribution in [0.4, 0.5) is 5.69 Å². The number of carbonyl (C=O) groups excluding carboxylic acids is 1. The molecule has 1 heterocycles. The number of aryl methyl sites for hydroxylation is 1. The maximum absolute atomic E-state index is 12.5. The second kappa shape index (κ2) is 8.79. The minimum absolute atomic E-state index is 0.191. The number of hydrogen-bond donors (Lipinski definition) is 2. The third kappa shape index (κ3) is 4.71. The van der Waals surface area contributed by atoms with Gasteiger partial charge in [0.15, 0.2) is 0 Å². The number of benzene rings is 3. The third-order valence-electron chi connectivity index (χ3n) is 4.75. The first-order chi connectivity index (χ1) is 14.9. The van der Waals surface area contributed by atoms with Crippen LogP contribution in [0.3, 0.4) is 0 Å². The zero-order chi connectivity index (χ0) is 22.0. The first-order valence-corrected chi connectivity index (χ1v) is 10.2. The first kappa shape index (κ1) is 20.9. The molecule has 2 N–H and O–H groups in total. The van der Waals surface area contributed by atoms with Crippen LogP contribution in [0, 0.1) is 0 Å². The molecule has 3 aromatic carbocycles. The molecule has 0 saturated heterocycles. The van der Waals surface area contributed by atoms with Gasteiger partial charge in [0.1, 0.15) is 5.82 Å². The lowest BCUT2D eigenvalue weighted by atomic mass is 10.1. The Morgan fingerprint density at radius 2 is 1.65 bits per heavy atom. The molecule has 8 heteroatoms. The summed E-state index contributed by atoms with van der Waals surface area (Å²) in [5.41, 5.74) is 3.18. The quantitative estimate of drug-likeness (QED) is 0.389. The second-order valence-corrected chi connectivity index (χ2v) is 7.79. The van der Waals surface area contributed by atoms with Gasteiger partial charge < -0.3 is 15.0 Å². The van der Waals surface area contributed by atoms with E-state index in [0.29, 0.717) is 28.1 Å². The average molecular weight is 454 g/mol. The molecule has 31 heavy (non-hydrogen) atoms. The zero-order valence-electron chi connectivity index (χ0n) is 16.2. The van der Waals surface area contributed by atoms with Gasteiger partial charge in [0, 0.05) is 34.3 Å². The van der Waals surface area contributed by atoms with Gasteiger partial charge in [0.05, 0.1) is 16.6 Å². The fourth-order valence-corrected chi connectivity index (χ4v) is 3.87. The molecule has 0 unspecified atom stereocenters. The number of carboxylic acid groups (broad SMARTS) is 1. The Bertz CT molecular complexity index is 1260. The molecule has 6 nitrogen and oxygen atoms in total. The van der Waals surface area contributed by atoms with Crippen LogP contribution < -0.4 is 5.32 Å². The number of carboxylic acids is 1. The summed E-state index contributed by atoms with van der Waals surface area (Å²) in [6.07, 6.45) is 0.199. The topological polar surface area (TPSA) is 84.2 Å². The summed E-state index contributed by atoms with van der Waals surface area (Å²) in [5, 5.41) is 12.8. The first-order valence-electron chi connectivity index (χ1n) is 9.45. The number of para-hydroxylation sites is 2. The zero-order valence-corrected chi connectivity index (χ0v) is 17.7. The van der Waals surface area contributed by atoms with Crippen molar-refractivity contribution in [3.8, 4) is 11.4 Å². The van der Waals surface area contributed by atoms with E-state index >= 15 is 0 Å². The molecule has 0 fully saturated rings. The summed E-state index contributed by atoms with van der Waals surface area (Å²) in [5.74, 6) is -0.516. The predicted octanol–water partition coefficient (Wildman–Crippen LogP) is 5.74. The number of aromatic nitrogens is 2. The molecule has 0 aliphatic carbocycles. The number of halogens is 2. The van der Waals surface area contributed by atoms with Crippen LogP contribution in [-0.4, -0.2) is 26.5 Å². The van der Waals surface area contributed by atoms with Gasteiger partial charge in [0.25, 0.3) is 0 Å². The van der Waals surface area contributed by atoms with Gasteiger partial charge >= 0.3 is 5.97 Å². The fraction of sp³-hybridized carbons (Fsp3) is 0.0870. The summed E-state index contributed by atoms with van der Waals surface area (Å²) in [7, 11) is 0. The second-order valence-electron chi connectivity index (χ2n) is 6.91. The Morgan fingerprint density at radius 3 is 2.32 bits per heavy atom. The number of anilines is 1. The largest absolute Gasteiger partial charge is 0.478 e. The molecule has 0 bridgehead atoms. The van der Waals surface area contributed by atoms with E-state index in [1.54, 1.807) is 30.3 Å². The monoisotopic (exact) mass is 453 g/mol. The highest BCUT2D eigenvalue weighted by molar-refractivity contribution is 6.35. The lowest BCUT2D eigenvalue weighted by Gasteiger charge is -2.11. The minimum Gasteiger partial charge on any atom is -0.478 e. The molecule has 0 aliphatic rings. The van der Waals surface area contributed by atoms with E-state index in [2.05, 4.69) is 5.32 Å². The summed E-state index contributed by atoms with van der Waals surface area (Å²) in [6.45, 7) is 0.386. The molecule has 0 aliphatic heterocycles. The Morgan fingerprint density at radius 1 is 0.968 bits per heavy atom. The molecule has 0 spiro atoms. The van der Waals surface area contributed by atoms with Crippen LogP contribution in [0.15, 0.2) is 66.7 Å². The van der Waals surface area contributed by atoms with E-state index in [-0.39, 0.29) is 17.9 Å². The summed E-state index contributed by atoms with van der Waals surface area (Å²) >= 11 is 12.0. The molecular weight excluding hydrogens is 437 g/mol. The van der Waals surface area contributed by atoms with Gasteiger partial charge in [-0.15, -0.1) is 0 Å². The third-order valence-corrected chi connectivity index (χ3v) is 5.19. The van der Waals surface area contributed by atoms with Crippen LogP contribution >= 0.6 is 23.2 Å². The van der Waals surface area contributed by atoms with E-state index in [1.807, 2.05) is 28.8 Å². The predicted molar refractivity (Wildman–Crippen MR) is 122 cm³/mol. The Balaban J connectivity index is 1.60. The smallest absolute Gasteiger partial charge is 0.335 e. The van der Waals surface area contributed by atoms with Crippen LogP contribution in [0.1, 0.15) is 16.8 Å². The van der Waals surface area contributed by atoms with Gasteiger partial charge in [-0.05, 0) is 42.5 Å². The summed E-state index contributed by atoms with van der Waals surface area (Å²) < 4.78 is 1.95. The molecule has 0 atom stereocenters. The molecule has 4 aromatic rings. The number of carbonyl (C=O) groups is 2. The number of hydrogen-bond acceptors (Lipinski definition) is 3. The van der Waals surface area contributed by atoms with Crippen molar-refractivity contribution < 1.29 is 14.7 Å². The van der Waals surface area contributed by atoms with Crippen molar-refractivity contribution in [1.29, 1.82) is 0 Å². The van der Waals surface area contributed by atoms with Gasteiger partial charge in [0.2, 0.25) is 5.91 Å². The number of aromatic carboxylic acids is 1. The molecule has 0 radical (unpaired) electrons. The van der Waals surface area contributed by atoms with Crippen molar-refractivity contribution in [2.45, 2.75) is 13.0 Å². The van der Waals surface area contributed by atoms with Crippen LogP contribution in [0.5, 0.6) is 0 Å². The lowest BCUT2D eigenvalue weighted by molar-refractivity contribution is -0.116. The van der Waals surface area contributed by atoms with E-state index in [1.165, 1.54) is 12.1 Å². The molecule has 1 amide bonds. The highest BCUT2D eigenvalue weighted by atomic mass is 35.5. The van der Waals surface area contributed by atoms with Crippen LogP contribution in [-0.2, 0) is 11.3 Å². The maximum atomic E-state index is 12.5. The number of rotatable bonds is 6. The molecule has 4 rings (SSSR count). The van der Waals surface area contributed by atoms with E-state index in [4.69, 9.17) is 33.3 Å². The summed E-state index contributed by atoms with van der Waals surface area (Å²) in [6, 6.07) is 19.0. The maximum Gasteiger partial charge on any atom is 0.335 e. The van der Waals surface area contributed by atoms with Crippen molar-refractivity contribution in [2.75, 3.05) is 5.32 Å². The van der Waals surface area contributed by atoms with Crippen LogP contribution in [0.25, 0.3) is 22.4 Å². The Hall–Kier alpha value is -3.35. The Kier molecular flexibility index (Phi) is 5.93. The average Bonchev–Trinajstić information content (AvgIpc) is 3.10. The minimum atomic E-state index is -0.988. The SMILES string of the molecule is O=C(CCn1c(-c2ccc(C(=O)O)cc2)nc2ccccc21)Nc1cc(Cl)cc(Cl)c1. The van der Waals surface area contributed by atoms with E-state index in [0.717, 1.165) is 16.6 Å². The highest BCUT2D eigenvalue weighted by Crippen LogP contribution is 2.26. The van der Waals surface area contributed by atoms with Gasteiger partial charge in [-0.25, -0.2) is 9.78 Å². The van der Waals surface area contributed by atoms with Crippen molar-refractivity contribution in [2.24, 2.45) is 0 Å². The van der Waals surface area contributed by atoms with Crippen molar-refractivity contribution >= 4 is 51.8 Å². The lowest BCUT2D eigenvalue weighted by Crippen LogP contribution is -2.15. The van der Waals surface area contributed by atoms with Gasteiger partial charge in [-0.1, -0.05) is 47.5 Å². The number of amides is 1. The van der Waals surface area contributed by atoms with Gasteiger partial charge in [-0.3, -0.25) is 4.79 Å². The van der Waals surface area contributed by atoms with Gasteiger partial charge in [-0.2, -0.15) is 0 Å². The highest BCUT2D eigenvalue weighted by Gasteiger charge is 2.15. The number of nitrogens with zero attached hydrogens (tertiary/aromatic N) is 2. The fourth-order valence-electron chi connectivity index (χ4n) is 3.35. The normalized spacial score (nSPS) is 10.9. The number of imidazole rings is 1. The summed E-state index contributed by atoms with van der Waals surface area (Å²) in [4.78, 5) is 28.4.